The third-order valence-corrected chi connectivity index (χ3v) is 3.36. The van der Waals surface area contributed by atoms with Gasteiger partial charge in [0.2, 0.25) is 0 Å². The molecule has 3 amide bonds. The van der Waals surface area contributed by atoms with Crippen molar-refractivity contribution in [2.75, 3.05) is 5.32 Å². The summed E-state index contributed by atoms with van der Waals surface area (Å²) in [7, 11) is 0. The minimum Gasteiger partial charge on any atom is -0.459 e. The number of amides is 3. The zero-order valence-corrected chi connectivity index (χ0v) is 13.4. The molecule has 0 saturated heterocycles. The maximum atomic E-state index is 12.2. The van der Waals surface area contributed by atoms with E-state index in [2.05, 4.69) is 21.2 Å². The first-order valence-electron chi connectivity index (χ1n) is 7.59. The second-order valence-electron chi connectivity index (χ2n) is 5.16. The summed E-state index contributed by atoms with van der Waals surface area (Å²) in [4.78, 5) is 39.9. The third-order valence-electron chi connectivity index (χ3n) is 3.36. The molecule has 2 heterocycles. The van der Waals surface area contributed by atoms with Crippen molar-refractivity contribution in [3.8, 4) is 0 Å². The number of furan rings is 1. The normalized spacial score (nSPS) is 10.0. The van der Waals surface area contributed by atoms with Crippen molar-refractivity contribution in [2.45, 2.75) is 0 Å². The van der Waals surface area contributed by atoms with E-state index < -0.39 is 17.7 Å². The Kier molecular flexibility index (Phi) is 5.04. The highest BCUT2D eigenvalue weighted by Gasteiger charge is 2.12. The molecule has 0 aliphatic heterocycles. The van der Waals surface area contributed by atoms with Crippen LogP contribution in [-0.4, -0.2) is 22.7 Å². The number of hydrazine groups is 1. The van der Waals surface area contributed by atoms with Gasteiger partial charge in [0.15, 0.2) is 5.76 Å². The predicted octanol–water partition coefficient (Wildman–Crippen LogP) is 2.00. The van der Waals surface area contributed by atoms with Crippen molar-refractivity contribution in [3.05, 3.63) is 84.1 Å². The topological polar surface area (TPSA) is 113 Å². The summed E-state index contributed by atoms with van der Waals surface area (Å²) in [6.07, 6.45) is 4.34. The van der Waals surface area contributed by atoms with Crippen LogP contribution in [0.3, 0.4) is 0 Å². The molecule has 1 aromatic carbocycles. The Bertz CT molecular complexity index is 923. The maximum Gasteiger partial charge on any atom is 0.291 e. The van der Waals surface area contributed by atoms with Crippen molar-refractivity contribution < 1.29 is 18.8 Å². The molecule has 0 aliphatic carbocycles. The van der Waals surface area contributed by atoms with Gasteiger partial charge < -0.3 is 9.73 Å². The van der Waals surface area contributed by atoms with E-state index in [1.54, 1.807) is 24.3 Å². The maximum absolute atomic E-state index is 12.2. The lowest BCUT2D eigenvalue weighted by atomic mass is 10.2. The Morgan fingerprint density at radius 2 is 1.54 bits per heavy atom. The van der Waals surface area contributed by atoms with Crippen molar-refractivity contribution in [1.82, 2.24) is 15.8 Å². The van der Waals surface area contributed by atoms with Crippen molar-refractivity contribution in [3.63, 3.8) is 0 Å². The minimum absolute atomic E-state index is 0.157. The number of hydrogen-bond acceptors (Lipinski definition) is 5. The molecular weight excluding hydrogens is 336 g/mol. The molecule has 130 valence electrons. The molecule has 0 spiro atoms. The van der Waals surface area contributed by atoms with Gasteiger partial charge in [-0.15, -0.1) is 0 Å². The molecule has 2 aromatic heterocycles. The van der Waals surface area contributed by atoms with Gasteiger partial charge in [0.25, 0.3) is 17.7 Å². The molecule has 8 nitrogen and oxygen atoms in total. The molecule has 0 aliphatic rings. The summed E-state index contributed by atoms with van der Waals surface area (Å²) in [6, 6.07) is 12.4. The van der Waals surface area contributed by atoms with Crippen LogP contribution in [0.4, 0.5) is 5.69 Å². The van der Waals surface area contributed by atoms with Crippen LogP contribution in [0.1, 0.15) is 31.3 Å². The second-order valence-corrected chi connectivity index (χ2v) is 5.16. The van der Waals surface area contributed by atoms with Gasteiger partial charge in [-0.05, 0) is 42.5 Å². The lowest BCUT2D eigenvalue weighted by Gasteiger charge is -2.09. The standard InChI is InChI=1S/C18H14N4O4/c23-16(12-6-8-19-9-7-12)21-22-17(24)13-3-1-4-14(11-13)20-18(25)15-5-2-10-26-15/h1-11H,(H,20,25)(H,21,23)(H,22,24). The zero-order valence-electron chi connectivity index (χ0n) is 13.4. The highest BCUT2D eigenvalue weighted by Crippen LogP contribution is 2.12. The first-order chi connectivity index (χ1) is 12.6. The van der Waals surface area contributed by atoms with Gasteiger partial charge in [-0.1, -0.05) is 6.07 Å². The second kappa shape index (κ2) is 7.75. The number of nitrogens with one attached hydrogen (secondary N) is 3. The van der Waals surface area contributed by atoms with Crippen LogP contribution in [0, 0.1) is 0 Å². The Morgan fingerprint density at radius 1 is 0.808 bits per heavy atom. The molecule has 8 heteroatoms. The van der Waals surface area contributed by atoms with Gasteiger partial charge >= 0.3 is 0 Å². The quantitative estimate of drug-likeness (QED) is 0.623. The SMILES string of the molecule is O=C(NNC(=O)c1cccc(NC(=O)c2ccco2)c1)c1ccncc1. The molecule has 3 rings (SSSR count). The molecule has 26 heavy (non-hydrogen) atoms. The lowest BCUT2D eigenvalue weighted by Crippen LogP contribution is -2.41. The average molecular weight is 350 g/mol. The molecule has 0 bridgehead atoms. The number of anilines is 1. The van der Waals surface area contributed by atoms with Gasteiger partial charge in [0.1, 0.15) is 0 Å². The predicted molar refractivity (Wildman–Crippen MR) is 92.3 cm³/mol. The van der Waals surface area contributed by atoms with E-state index >= 15 is 0 Å². The summed E-state index contributed by atoms with van der Waals surface area (Å²) in [6.45, 7) is 0. The van der Waals surface area contributed by atoms with Gasteiger partial charge in [0, 0.05) is 29.2 Å². The fourth-order valence-corrected chi connectivity index (χ4v) is 2.10. The lowest BCUT2D eigenvalue weighted by molar-refractivity contribution is 0.0846. The average Bonchev–Trinajstić information content (AvgIpc) is 3.22. The van der Waals surface area contributed by atoms with Crippen LogP contribution < -0.4 is 16.2 Å². The third kappa shape index (κ3) is 4.12. The molecule has 0 saturated carbocycles. The van der Waals surface area contributed by atoms with Gasteiger partial charge in [0.05, 0.1) is 6.26 Å². The first-order valence-corrected chi connectivity index (χ1v) is 7.59. The Morgan fingerprint density at radius 3 is 2.23 bits per heavy atom. The molecule has 3 aromatic rings. The number of pyridine rings is 1. The van der Waals surface area contributed by atoms with E-state index in [-0.39, 0.29) is 11.3 Å². The fourth-order valence-electron chi connectivity index (χ4n) is 2.10. The van der Waals surface area contributed by atoms with E-state index in [1.165, 1.54) is 42.9 Å². The number of benzene rings is 1. The van der Waals surface area contributed by atoms with Crippen LogP contribution in [0.2, 0.25) is 0 Å². The Balaban J connectivity index is 1.61. The monoisotopic (exact) mass is 350 g/mol. The number of carbonyl (C=O) groups excluding carboxylic acids is 3. The number of rotatable bonds is 4. The van der Waals surface area contributed by atoms with E-state index in [1.807, 2.05) is 0 Å². The van der Waals surface area contributed by atoms with Crippen LogP contribution in [0.25, 0.3) is 0 Å². The van der Waals surface area contributed by atoms with Crippen LogP contribution in [0.15, 0.2) is 71.6 Å². The summed E-state index contributed by atoms with van der Waals surface area (Å²) in [5, 5.41) is 2.62. The number of nitrogens with zero attached hydrogens (tertiary/aromatic N) is 1. The van der Waals surface area contributed by atoms with Gasteiger partial charge in [-0.25, -0.2) is 0 Å². The van der Waals surface area contributed by atoms with Crippen molar-refractivity contribution >= 4 is 23.4 Å². The number of hydrogen-bond donors (Lipinski definition) is 3. The molecule has 0 fully saturated rings. The van der Waals surface area contributed by atoms with Crippen molar-refractivity contribution in [1.29, 1.82) is 0 Å². The van der Waals surface area contributed by atoms with E-state index in [9.17, 15) is 14.4 Å². The zero-order chi connectivity index (χ0) is 18.4. The highest BCUT2D eigenvalue weighted by atomic mass is 16.3. The molecular formula is C18H14N4O4. The number of carbonyl (C=O) groups is 3. The van der Waals surface area contributed by atoms with Gasteiger partial charge in [-0.3, -0.25) is 30.2 Å². The minimum atomic E-state index is -0.526. The van der Waals surface area contributed by atoms with Crippen LogP contribution in [0.5, 0.6) is 0 Å². The molecule has 0 atom stereocenters. The van der Waals surface area contributed by atoms with Crippen LogP contribution in [-0.2, 0) is 0 Å². The Hall–Kier alpha value is -3.94. The largest absolute Gasteiger partial charge is 0.459 e. The summed E-state index contributed by atoms with van der Waals surface area (Å²) in [5.41, 5.74) is 5.66. The van der Waals surface area contributed by atoms with Gasteiger partial charge in [-0.2, -0.15) is 0 Å². The molecule has 0 radical (unpaired) electrons. The van der Waals surface area contributed by atoms with E-state index in [4.69, 9.17) is 4.42 Å². The van der Waals surface area contributed by atoms with E-state index in [0.29, 0.717) is 11.3 Å². The summed E-state index contributed by atoms with van der Waals surface area (Å²) < 4.78 is 5.01. The highest BCUT2D eigenvalue weighted by molar-refractivity contribution is 6.03. The Labute approximate surface area is 148 Å². The molecule has 3 N–H and O–H groups in total. The number of aromatic nitrogens is 1. The smallest absolute Gasteiger partial charge is 0.291 e. The molecule has 0 unspecified atom stereocenters. The van der Waals surface area contributed by atoms with Crippen LogP contribution >= 0.6 is 0 Å². The first kappa shape index (κ1) is 16.9. The summed E-state index contributed by atoms with van der Waals surface area (Å²) >= 11 is 0. The summed E-state index contributed by atoms with van der Waals surface area (Å²) in [5.74, 6) is -1.27. The van der Waals surface area contributed by atoms with Crippen molar-refractivity contribution in [2.24, 2.45) is 0 Å². The fraction of sp³-hybridized carbons (Fsp3) is 0. The van der Waals surface area contributed by atoms with E-state index in [0.717, 1.165) is 0 Å².